The van der Waals surface area contributed by atoms with Crippen LogP contribution in [0.1, 0.15) is 26.2 Å². The lowest BCUT2D eigenvalue weighted by Crippen LogP contribution is -2.25. The van der Waals surface area contributed by atoms with Gasteiger partial charge in [0.25, 0.3) is 0 Å². The molecule has 0 aliphatic rings. The number of unbranched alkanes of at least 4 members (excludes halogenated alkanes) is 1. The Bertz CT molecular complexity index is 104. The maximum absolute atomic E-state index is 10.5. The molecule has 3 nitrogen and oxygen atoms in total. The molecule has 0 aromatic heterocycles. The van der Waals surface area contributed by atoms with E-state index in [0.717, 1.165) is 12.8 Å². The fourth-order valence-electron chi connectivity index (χ4n) is 0.774. The zero-order valence-electron chi connectivity index (χ0n) is 6.34. The summed E-state index contributed by atoms with van der Waals surface area (Å²) in [6.45, 7) is 1.92. The van der Waals surface area contributed by atoms with Gasteiger partial charge in [-0.2, -0.15) is 0 Å². The van der Waals surface area contributed by atoms with Gasteiger partial charge in [-0.25, -0.2) is 0 Å². The zero-order valence-corrected chi connectivity index (χ0v) is 6.34. The molecular weight excluding hydrogens is 130 g/mol. The summed E-state index contributed by atoms with van der Waals surface area (Å²) in [4.78, 5) is 10.5. The molecule has 3 heteroatoms. The molecule has 0 fully saturated rings. The highest BCUT2D eigenvalue weighted by molar-refractivity contribution is 5.76. The van der Waals surface area contributed by atoms with E-state index in [1.165, 1.54) is 0 Å². The maximum Gasteiger partial charge on any atom is 0.222 e. The van der Waals surface area contributed by atoms with Crippen LogP contribution in [-0.2, 0) is 4.79 Å². The van der Waals surface area contributed by atoms with Crippen molar-refractivity contribution < 1.29 is 9.90 Å². The number of hydrogen-bond acceptors (Lipinski definition) is 2. The van der Waals surface area contributed by atoms with Crippen molar-refractivity contribution in [2.24, 2.45) is 11.7 Å². The maximum atomic E-state index is 10.5. The molecule has 0 saturated carbocycles. The lowest BCUT2D eigenvalue weighted by molar-refractivity contribution is -0.123. The largest absolute Gasteiger partial charge is 0.396 e. The SMILES string of the molecule is CCCCC(CO)C(N)=O. The van der Waals surface area contributed by atoms with Gasteiger partial charge in [-0.1, -0.05) is 19.8 Å². The van der Waals surface area contributed by atoms with E-state index >= 15 is 0 Å². The third kappa shape index (κ3) is 3.45. The smallest absolute Gasteiger partial charge is 0.222 e. The average Bonchev–Trinajstić information content (AvgIpc) is 1.89. The summed E-state index contributed by atoms with van der Waals surface area (Å²) < 4.78 is 0. The van der Waals surface area contributed by atoms with E-state index in [1.54, 1.807) is 0 Å². The highest BCUT2D eigenvalue weighted by Gasteiger charge is 2.11. The molecule has 3 N–H and O–H groups in total. The van der Waals surface area contributed by atoms with Crippen LogP contribution in [-0.4, -0.2) is 17.6 Å². The van der Waals surface area contributed by atoms with Crippen LogP contribution in [0.15, 0.2) is 0 Å². The third-order valence-electron chi connectivity index (χ3n) is 1.53. The summed E-state index contributed by atoms with van der Waals surface area (Å²) in [5.41, 5.74) is 4.99. The van der Waals surface area contributed by atoms with Crippen molar-refractivity contribution >= 4 is 5.91 Å². The lowest BCUT2D eigenvalue weighted by atomic mass is 10.0. The van der Waals surface area contributed by atoms with Crippen LogP contribution in [0, 0.1) is 5.92 Å². The molecule has 0 aliphatic heterocycles. The molecule has 0 spiro atoms. The van der Waals surface area contributed by atoms with Gasteiger partial charge in [-0.15, -0.1) is 0 Å². The molecule has 60 valence electrons. The van der Waals surface area contributed by atoms with E-state index in [4.69, 9.17) is 10.8 Å². The summed E-state index contributed by atoms with van der Waals surface area (Å²) in [6, 6.07) is 0. The van der Waals surface area contributed by atoms with Crippen molar-refractivity contribution in [3.05, 3.63) is 0 Å². The Labute approximate surface area is 61.2 Å². The minimum Gasteiger partial charge on any atom is -0.396 e. The van der Waals surface area contributed by atoms with Gasteiger partial charge in [0.15, 0.2) is 0 Å². The Morgan fingerprint density at radius 3 is 2.60 bits per heavy atom. The Morgan fingerprint density at radius 1 is 1.70 bits per heavy atom. The Morgan fingerprint density at radius 2 is 2.30 bits per heavy atom. The molecule has 1 atom stereocenters. The van der Waals surface area contributed by atoms with E-state index in [1.807, 2.05) is 6.92 Å². The van der Waals surface area contributed by atoms with E-state index in [2.05, 4.69) is 0 Å². The molecular formula is C7H15NO2. The van der Waals surface area contributed by atoms with Crippen molar-refractivity contribution in [1.29, 1.82) is 0 Å². The summed E-state index contributed by atoms with van der Waals surface area (Å²) in [5.74, 6) is -0.726. The Hall–Kier alpha value is -0.570. The molecule has 0 bridgehead atoms. The van der Waals surface area contributed by atoms with Gasteiger partial charge >= 0.3 is 0 Å². The predicted octanol–water partition coefficient (Wildman–Crippen LogP) is 0.270. The number of hydrogen-bond donors (Lipinski definition) is 2. The number of rotatable bonds is 5. The molecule has 0 aliphatic carbocycles. The second-order valence-electron chi connectivity index (χ2n) is 2.42. The quantitative estimate of drug-likeness (QED) is 0.583. The van der Waals surface area contributed by atoms with Gasteiger partial charge in [0.1, 0.15) is 0 Å². The van der Waals surface area contributed by atoms with E-state index in [0.29, 0.717) is 6.42 Å². The number of nitrogens with two attached hydrogens (primary N) is 1. The highest BCUT2D eigenvalue weighted by Crippen LogP contribution is 2.06. The second kappa shape index (κ2) is 5.23. The number of carbonyl (C=O) groups excluding carboxylic acids is 1. The van der Waals surface area contributed by atoms with Gasteiger partial charge < -0.3 is 10.8 Å². The first kappa shape index (κ1) is 9.43. The molecule has 0 aromatic carbocycles. The van der Waals surface area contributed by atoms with Crippen molar-refractivity contribution in [3.8, 4) is 0 Å². The third-order valence-corrected chi connectivity index (χ3v) is 1.53. The van der Waals surface area contributed by atoms with Gasteiger partial charge in [-0.3, -0.25) is 4.79 Å². The van der Waals surface area contributed by atoms with Crippen LogP contribution in [0.25, 0.3) is 0 Å². The van der Waals surface area contributed by atoms with Crippen molar-refractivity contribution in [1.82, 2.24) is 0 Å². The van der Waals surface area contributed by atoms with Gasteiger partial charge in [0.05, 0.1) is 12.5 Å². The average molecular weight is 145 g/mol. The topological polar surface area (TPSA) is 63.3 Å². The van der Waals surface area contributed by atoms with Crippen LogP contribution in [0.2, 0.25) is 0 Å². The monoisotopic (exact) mass is 145 g/mol. The standard InChI is InChI=1S/C7H15NO2/c1-2-3-4-6(5-9)7(8)10/h6,9H,2-5H2,1H3,(H2,8,10). The number of aliphatic hydroxyl groups is 1. The molecule has 10 heavy (non-hydrogen) atoms. The van der Waals surface area contributed by atoms with Gasteiger partial charge in [-0.05, 0) is 6.42 Å². The fourth-order valence-corrected chi connectivity index (χ4v) is 0.774. The number of aliphatic hydroxyl groups excluding tert-OH is 1. The van der Waals surface area contributed by atoms with Crippen LogP contribution < -0.4 is 5.73 Å². The van der Waals surface area contributed by atoms with Crippen LogP contribution >= 0.6 is 0 Å². The van der Waals surface area contributed by atoms with Crippen molar-refractivity contribution in [2.45, 2.75) is 26.2 Å². The number of amides is 1. The molecule has 0 aromatic rings. The van der Waals surface area contributed by atoms with Crippen molar-refractivity contribution in [2.75, 3.05) is 6.61 Å². The van der Waals surface area contributed by atoms with Gasteiger partial charge in [0, 0.05) is 0 Å². The zero-order chi connectivity index (χ0) is 7.98. The molecule has 1 amide bonds. The first-order valence-electron chi connectivity index (χ1n) is 3.62. The van der Waals surface area contributed by atoms with Crippen LogP contribution in [0.5, 0.6) is 0 Å². The minimum atomic E-state index is -0.393. The van der Waals surface area contributed by atoms with E-state index in [9.17, 15) is 4.79 Å². The lowest BCUT2D eigenvalue weighted by Gasteiger charge is -2.07. The Balaban J connectivity index is 3.50. The predicted molar refractivity (Wildman–Crippen MR) is 39.3 cm³/mol. The summed E-state index contributed by atoms with van der Waals surface area (Å²) in [6.07, 6.45) is 2.69. The summed E-state index contributed by atoms with van der Waals surface area (Å²) in [7, 11) is 0. The molecule has 0 rings (SSSR count). The van der Waals surface area contributed by atoms with Gasteiger partial charge in [0.2, 0.25) is 5.91 Å². The van der Waals surface area contributed by atoms with Crippen LogP contribution in [0.3, 0.4) is 0 Å². The molecule has 1 unspecified atom stereocenters. The van der Waals surface area contributed by atoms with E-state index in [-0.39, 0.29) is 12.5 Å². The first-order chi connectivity index (χ1) is 4.72. The number of primary amides is 1. The Kier molecular flexibility index (Phi) is 4.94. The molecule has 0 heterocycles. The normalized spacial score (nSPS) is 13.0. The first-order valence-corrected chi connectivity index (χ1v) is 3.62. The minimum absolute atomic E-state index is 0.116. The highest BCUT2D eigenvalue weighted by atomic mass is 16.3. The molecule has 0 saturated heterocycles. The number of carbonyl (C=O) groups is 1. The summed E-state index contributed by atoms with van der Waals surface area (Å²) >= 11 is 0. The van der Waals surface area contributed by atoms with E-state index < -0.39 is 5.91 Å². The fraction of sp³-hybridized carbons (Fsp3) is 0.857. The second-order valence-corrected chi connectivity index (χ2v) is 2.42. The summed E-state index contributed by atoms with van der Waals surface area (Å²) in [5, 5.41) is 8.62. The molecule has 0 radical (unpaired) electrons. The van der Waals surface area contributed by atoms with Crippen LogP contribution in [0.4, 0.5) is 0 Å². The van der Waals surface area contributed by atoms with Crippen molar-refractivity contribution in [3.63, 3.8) is 0 Å².